The van der Waals surface area contributed by atoms with Crippen LogP contribution in [0.25, 0.3) is 0 Å². The van der Waals surface area contributed by atoms with Crippen molar-refractivity contribution in [1.29, 1.82) is 0 Å². The zero-order chi connectivity index (χ0) is 11.8. The molecule has 1 aromatic rings. The van der Waals surface area contributed by atoms with Crippen molar-refractivity contribution in [2.75, 3.05) is 6.61 Å². The molecule has 0 N–H and O–H groups in total. The summed E-state index contributed by atoms with van der Waals surface area (Å²) in [5, 5.41) is 0. The molecule has 1 rings (SSSR count). The highest BCUT2D eigenvalue weighted by atomic mass is 16.7. The fourth-order valence-electron chi connectivity index (χ4n) is 1.31. The standard InChI is InChI=1S/C13H16O3/c1-4-7-12(11-8-9-14-10-11)16-13(5-2)15-6-3/h2,4,8-10,12-13H,1,6-7H2,3H3. The van der Waals surface area contributed by atoms with Crippen LogP contribution in [0.1, 0.15) is 25.0 Å². The third-order valence-corrected chi connectivity index (χ3v) is 2.04. The quantitative estimate of drug-likeness (QED) is 0.402. The van der Waals surface area contributed by atoms with Gasteiger partial charge < -0.3 is 13.9 Å². The van der Waals surface area contributed by atoms with Gasteiger partial charge in [-0.25, -0.2) is 0 Å². The third kappa shape index (κ3) is 3.58. The van der Waals surface area contributed by atoms with E-state index in [-0.39, 0.29) is 6.10 Å². The largest absolute Gasteiger partial charge is 0.472 e. The fourth-order valence-corrected chi connectivity index (χ4v) is 1.31. The SMILES string of the molecule is C#CC(OCC)OC(CC=C)c1ccoc1. The average molecular weight is 220 g/mol. The van der Waals surface area contributed by atoms with Gasteiger partial charge in [-0.2, -0.15) is 0 Å². The highest BCUT2D eigenvalue weighted by molar-refractivity contribution is 5.11. The molecule has 3 heteroatoms. The van der Waals surface area contributed by atoms with Crippen LogP contribution in [0.15, 0.2) is 35.7 Å². The molecule has 1 aromatic heterocycles. The monoisotopic (exact) mass is 220 g/mol. The molecular formula is C13H16O3. The van der Waals surface area contributed by atoms with Gasteiger partial charge in [0.2, 0.25) is 6.29 Å². The van der Waals surface area contributed by atoms with Gasteiger partial charge in [0.05, 0.1) is 18.6 Å². The minimum absolute atomic E-state index is 0.177. The van der Waals surface area contributed by atoms with E-state index in [9.17, 15) is 0 Å². The second kappa shape index (κ2) is 6.89. The predicted molar refractivity (Wildman–Crippen MR) is 61.6 cm³/mol. The van der Waals surface area contributed by atoms with Gasteiger partial charge in [-0.15, -0.1) is 13.0 Å². The maximum Gasteiger partial charge on any atom is 0.222 e. The van der Waals surface area contributed by atoms with E-state index in [2.05, 4.69) is 12.5 Å². The first-order chi connectivity index (χ1) is 7.81. The van der Waals surface area contributed by atoms with Crippen LogP contribution in [0.3, 0.4) is 0 Å². The topological polar surface area (TPSA) is 31.6 Å². The summed E-state index contributed by atoms with van der Waals surface area (Å²) >= 11 is 0. The van der Waals surface area contributed by atoms with Crippen LogP contribution in [0.5, 0.6) is 0 Å². The first-order valence-electron chi connectivity index (χ1n) is 5.18. The number of ether oxygens (including phenoxy) is 2. The van der Waals surface area contributed by atoms with Crippen molar-refractivity contribution in [3.8, 4) is 12.3 Å². The summed E-state index contributed by atoms with van der Waals surface area (Å²) in [6.45, 7) is 6.07. The lowest BCUT2D eigenvalue weighted by Gasteiger charge is -2.19. The van der Waals surface area contributed by atoms with Crippen LogP contribution < -0.4 is 0 Å². The molecule has 2 unspecified atom stereocenters. The Morgan fingerprint density at radius 3 is 3.00 bits per heavy atom. The number of terminal acetylenes is 1. The lowest BCUT2D eigenvalue weighted by atomic mass is 10.1. The molecule has 0 aliphatic heterocycles. The number of hydrogen-bond donors (Lipinski definition) is 0. The molecule has 0 radical (unpaired) electrons. The molecule has 0 bridgehead atoms. The van der Waals surface area contributed by atoms with Gasteiger partial charge in [0.25, 0.3) is 0 Å². The lowest BCUT2D eigenvalue weighted by Crippen LogP contribution is -2.18. The Morgan fingerprint density at radius 2 is 2.50 bits per heavy atom. The van der Waals surface area contributed by atoms with E-state index in [1.165, 1.54) is 0 Å². The Kier molecular flexibility index (Phi) is 5.41. The number of hydrogen-bond acceptors (Lipinski definition) is 3. The predicted octanol–water partition coefficient (Wildman–Crippen LogP) is 2.91. The van der Waals surface area contributed by atoms with Crippen molar-refractivity contribution in [3.63, 3.8) is 0 Å². The van der Waals surface area contributed by atoms with Crippen molar-refractivity contribution < 1.29 is 13.9 Å². The van der Waals surface area contributed by atoms with E-state index >= 15 is 0 Å². The van der Waals surface area contributed by atoms with Gasteiger partial charge in [0, 0.05) is 12.2 Å². The molecule has 0 amide bonds. The average Bonchev–Trinajstić information content (AvgIpc) is 2.81. The molecule has 0 saturated carbocycles. The molecule has 2 atom stereocenters. The summed E-state index contributed by atoms with van der Waals surface area (Å²) in [4.78, 5) is 0. The zero-order valence-electron chi connectivity index (χ0n) is 9.39. The highest BCUT2D eigenvalue weighted by Crippen LogP contribution is 2.23. The maximum absolute atomic E-state index is 5.64. The van der Waals surface area contributed by atoms with Crippen molar-refractivity contribution in [2.45, 2.75) is 25.7 Å². The Hall–Kier alpha value is -1.50. The fraction of sp³-hybridized carbons (Fsp3) is 0.385. The minimum atomic E-state index is -0.634. The van der Waals surface area contributed by atoms with Crippen LogP contribution >= 0.6 is 0 Å². The van der Waals surface area contributed by atoms with E-state index in [0.717, 1.165) is 5.56 Å². The van der Waals surface area contributed by atoms with Crippen LogP contribution in [0.4, 0.5) is 0 Å². The van der Waals surface area contributed by atoms with Gasteiger partial charge in [0.15, 0.2) is 0 Å². The van der Waals surface area contributed by atoms with E-state index in [0.29, 0.717) is 13.0 Å². The zero-order valence-corrected chi connectivity index (χ0v) is 9.39. The molecule has 3 nitrogen and oxygen atoms in total. The minimum Gasteiger partial charge on any atom is -0.472 e. The van der Waals surface area contributed by atoms with Crippen LogP contribution in [-0.4, -0.2) is 12.9 Å². The van der Waals surface area contributed by atoms with Crippen LogP contribution in [0.2, 0.25) is 0 Å². The molecule has 0 aromatic carbocycles. The van der Waals surface area contributed by atoms with Crippen LogP contribution in [0, 0.1) is 12.3 Å². The van der Waals surface area contributed by atoms with Gasteiger partial charge in [-0.1, -0.05) is 6.08 Å². The molecule has 1 heterocycles. The Balaban J connectivity index is 2.64. The van der Waals surface area contributed by atoms with Gasteiger partial charge in [-0.3, -0.25) is 0 Å². The summed E-state index contributed by atoms with van der Waals surface area (Å²) in [6, 6.07) is 1.84. The molecule has 0 aliphatic rings. The number of furan rings is 1. The van der Waals surface area contributed by atoms with E-state index in [4.69, 9.17) is 20.3 Å². The van der Waals surface area contributed by atoms with Gasteiger partial charge in [-0.05, 0) is 25.3 Å². The Bertz CT molecular complexity index is 335. The molecule has 86 valence electrons. The molecule has 0 saturated heterocycles. The van der Waals surface area contributed by atoms with E-state index in [1.54, 1.807) is 18.6 Å². The van der Waals surface area contributed by atoms with Crippen molar-refractivity contribution in [2.24, 2.45) is 0 Å². The van der Waals surface area contributed by atoms with Crippen molar-refractivity contribution in [3.05, 3.63) is 36.8 Å². The van der Waals surface area contributed by atoms with Gasteiger partial charge >= 0.3 is 0 Å². The summed E-state index contributed by atoms with van der Waals surface area (Å²) in [5.41, 5.74) is 0.930. The summed E-state index contributed by atoms with van der Waals surface area (Å²) in [6.07, 6.45) is 10.2. The normalized spacial score (nSPS) is 14.0. The van der Waals surface area contributed by atoms with Crippen LogP contribution in [-0.2, 0) is 9.47 Å². The molecule has 16 heavy (non-hydrogen) atoms. The number of rotatable bonds is 7. The van der Waals surface area contributed by atoms with E-state index < -0.39 is 6.29 Å². The molecular weight excluding hydrogens is 204 g/mol. The Labute approximate surface area is 96.0 Å². The summed E-state index contributed by atoms with van der Waals surface area (Å²) in [7, 11) is 0. The maximum atomic E-state index is 5.64. The lowest BCUT2D eigenvalue weighted by molar-refractivity contribution is -0.134. The first-order valence-corrected chi connectivity index (χ1v) is 5.18. The smallest absolute Gasteiger partial charge is 0.222 e. The third-order valence-electron chi connectivity index (χ3n) is 2.04. The molecule has 0 spiro atoms. The van der Waals surface area contributed by atoms with Crippen molar-refractivity contribution in [1.82, 2.24) is 0 Å². The second-order valence-corrected chi connectivity index (χ2v) is 3.16. The summed E-state index contributed by atoms with van der Waals surface area (Å²) < 4.78 is 15.9. The Morgan fingerprint density at radius 1 is 1.69 bits per heavy atom. The highest BCUT2D eigenvalue weighted by Gasteiger charge is 2.16. The van der Waals surface area contributed by atoms with Crippen molar-refractivity contribution >= 4 is 0 Å². The molecule has 0 fully saturated rings. The molecule has 0 aliphatic carbocycles. The van der Waals surface area contributed by atoms with E-state index in [1.807, 2.05) is 13.0 Å². The second-order valence-electron chi connectivity index (χ2n) is 3.16. The van der Waals surface area contributed by atoms with Gasteiger partial charge in [0.1, 0.15) is 0 Å². The summed E-state index contributed by atoms with van der Waals surface area (Å²) in [5.74, 6) is 2.44. The first kappa shape index (κ1) is 12.6.